The Labute approximate surface area is 93.1 Å². The standard InChI is InChI=1S/C7H12ClN3O3S/c1-6-9-7(14-10-6)11-15(12,13)5-3-2-4-8/h2-5H2,1H3,(H,9,10,11). The molecule has 6 nitrogen and oxygen atoms in total. The van der Waals surface area contributed by atoms with Crippen LogP contribution < -0.4 is 4.72 Å². The smallest absolute Gasteiger partial charge is 0.314 e. The second-order valence-electron chi connectivity index (χ2n) is 2.96. The van der Waals surface area contributed by atoms with E-state index in [0.29, 0.717) is 24.5 Å². The van der Waals surface area contributed by atoms with Gasteiger partial charge >= 0.3 is 6.01 Å². The first-order valence-electron chi connectivity index (χ1n) is 4.40. The molecule has 0 radical (unpaired) electrons. The van der Waals surface area contributed by atoms with Gasteiger partial charge in [0.15, 0.2) is 5.82 Å². The van der Waals surface area contributed by atoms with Crippen LogP contribution in [-0.4, -0.2) is 30.2 Å². The normalized spacial score (nSPS) is 11.6. The molecule has 1 heterocycles. The zero-order valence-corrected chi connectivity index (χ0v) is 9.81. The summed E-state index contributed by atoms with van der Waals surface area (Å²) in [6.45, 7) is 1.61. The van der Waals surface area contributed by atoms with E-state index in [1.807, 2.05) is 0 Å². The number of aromatic nitrogens is 2. The van der Waals surface area contributed by atoms with Crippen molar-refractivity contribution in [2.45, 2.75) is 19.8 Å². The zero-order valence-electron chi connectivity index (χ0n) is 8.23. The molecule has 1 aromatic rings. The van der Waals surface area contributed by atoms with E-state index in [-0.39, 0.29) is 11.8 Å². The molecular weight excluding hydrogens is 242 g/mol. The summed E-state index contributed by atoms with van der Waals surface area (Å²) in [7, 11) is -3.40. The quantitative estimate of drug-likeness (QED) is 0.607. The highest BCUT2D eigenvalue weighted by Crippen LogP contribution is 2.06. The fourth-order valence-corrected chi connectivity index (χ4v) is 2.13. The first-order chi connectivity index (χ1) is 7.03. The van der Waals surface area contributed by atoms with Crippen LogP contribution in [0.5, 0.6) is 0 Å². The Hall–Kier alpha value is -0.820. The maximum absolute atomic E-state index is 11.4. The Bertz CT molecular complexity index is 403. The number of hydrogen-bond donors (Lipinski definition) is 1. The molecule has 0 saturated heterocycles. The second-order valence-corrected chi connectivity index (χ2v) is 5.18. The first kappa shape index (κ1) is 12.3. The van der Waals surface area contributed by atoms with E-state index in [1.54, 1.807) is 6.92 Å². The van der Waals surface area contributed by atoms with Gasteiger partial charge in [0.2, 0.25) is 10.0 Å². The van der Waals surface area contributed by atoms with Crippen molar-refractivity contribution < 1.29 is 12.9 Å². The summed E-state index contributed by atoms with van der Waals surface area (Å²) >= 11 is 5.44. The minimum Gasteiger partial charge on any atom is -0.314 e. The lowest BCUT2D eigenvalue weighted by Crippen LogP contribution is -2.17. The van der Waals surface area contributed by atoms with Crippen molar-refractivity contribution >= 4 is 27.6 Å². The number of anilines is 1. The van der Waals surface area contributed by atoms with Gasteiger partial charge in [0, 0.05) is 5.88 Å². The highest BCUT2D eigenvalue weighted by molar-refractivity contribution is 7.92. The molecule has 1 rings (SSSR count). The summed E-state index contributed by atoms with van der Waals surface area (Å²) in [5.41, 5.74) is 0. The molecule has 0 bridgehead atoms. The fraction of sp³-hybridized carbons (Fsp3) is 0.714. The lowest BCUT2D eigenvalue weighted by molar-refractivity contribution is 0.429. The van der Waals surface area contributed by atoms with Gasteiger partial charge in [-0.15, -0.1) is 11.6 Å². The number of rotatable bonds is 6. The molecule has 1 aromatic heterocycles. The summed E-state index contributed by atoms with van der Waals surface area (Å²) in [4.78, 5) is 3.73. The Kier molecular flexibility index (Phi) is 4.34. The van der Waals surface area contributed by atoms with Crippen LogP contribution in [0.1, 0.15) is 18.7 Å². The van der Waals surface area contributed by atoms with Gasteiger partial charge in [-0.3, -0.25) is 0 Å². The molecule has 0 atom stereocenters. The predicted octanol–water partition coefficient (Wildman–Crippen LogP) is 1.14. The largest absolute Gasteiger partial charge is 0.335 e. The van der Waals surface area contributed by atoms with Gasteiger partial charge in [0.1, 0.15) is 0 Å². The Morgan fingerprint density at radius 3 is 2.73 bits per heavy atom. The maximum Gasteiger partial charge on any atom is 0.335 e. The minimum atomic E-state index is -3.40. The van der Waals surface area contributed by atoms with Crippen LogP contribution in [0.25, 0.3) is 0 Å². The Balaban J connectivity index is 2.49. The summed E-state index contributed by atoms with van der Waals surface area (Å²) < 4.78 is 29.6. The molecular formula is C7H12ClN3O3S. The third kappa shape index (κ3) is 4.48. The first-order valence-corrected chi connectivity index (χ1v) is 6.59. The van der Waals surface area contributed by atoms with E-state index >= 15 is 0 Å². The summed E-state index contributed by atoms with van der Waals surface area (Å²) in [5.74, 6) is 0.838. The van der Waals surface area contributed by atoms with Gasteiger partial charge in [-0.2, -0.15) is 4.98 Å². The number of hydrogen-bond acceptors (Lipinski definition) is 5. The van der Waals surface area contributed by atoms with Crippen molar-refractivity contribution in [3.8, 4) is 0 Å². The Morgan fingerprint density at radius 1 is 1.47 bits per heavy atom. The maximum atomic E-state index is 11.4. The second kappa shape index (κ2) is 5.32. The van der Waals surface area contributed by atoms with Crippen molar-refractivity contribution in [2.24, 2.45) is 0 Å². The molecule has 15 heavy (non-hydrogen) atoms. The number of alkyl halides is 1. The van der Waals surface area contributed by atoms with Crippen LogP contribution >= 0.6 is 11.6 Å². The van der Waals surface area contributed by atoms with Crippen molar-refractivity contribution in [3.63, 3.8) is 0 Å². The average molecular weight is 254 g/mol. The number of unbranched alkanes of at least 4 members (excludes halogenated alkanes) is 1. The van der Waals surface area contributed by atoms with Gasteiger partial charge < -0.3 is 4.52 Å². The third-order valence-corrected chi connectivity index (χ3v) is 3.15. The van der Waals surface area contributed by atoms with Gasteiger partial charge in [-0.05, 0) is 19.8 Å². The van der Waals surface area contributed by atoms with Crippen LogP contribution in [0, 0.1) is 6.92 Å². The molecule has 86 valence electrons. The molecule has 1 N–H and O–H groups in total. The molecule has 0 spiro atoms. The van der Waals surface area contributed by atoms with E-state index in [9.17, 15) is 8.42 Å². The van der Waals surface area contributed by atoms with Crippen molar-refractivity contribution in [1.82, 2.24) is 10.1 Å². The zero-order chi connectivity index (χ0) is 11.3. The summed E-state index contributed by atoms with van der Waals surface area (Å²) in [6, 6.07) is -0.0987. The van der Waals surface area contributed by atoms with Crippen molar-refractivity contribution in [3.05, 3.63) is 5.82 Å². The van der Waals surface area contributed by atoms with E-state index in [2.05, 4.69) is 19.4 Å². The van der Waals surface area contributed by atoms with Crippen LogP contribution in [-0.2, 0) is 10.0 Å². The van der Waals surface area contributed by atoms with E-state index in [1.165, 1.54) is 0 Å². The molecule has 0 aliphatic carbocycles. The summed E-state index contributed by atoms with van der Waals surface area (Å²) in [5, 5.41) is 3.46. The van der Waals surface area contributed by atoms with E-state index in [4.69, 9.17) is 11.6 Å². The minimum absolute atomic E-state index is 0.00114. The number of nitrogens with zero attached hydrogens (tertiary/aromatic N) is 2. The lowest BCUT2D eigenvalue weighted by Gasteiger charge is -2.01. The molecule has 0 aromatic carbocycles. The molecule has 0 amide bonds. The van der Waals surface area contributed by atoms with Crippen molar-refractivity contribution in [1.29, 1.82) is 0 Å². The highest BCUT2D eigenvalue weighted by Gasteiger charge is 2.13. The molecule has 0 unspecified atom stereocenters. The topological polar surface area (TPSA) is 85.1 Å². The number of nitrogens with one attached hydrogen (secondary N) is 1. The third-order valence-electron chi connectivity index (χ3n) is 1.57. The summed E-state index contributed by atoms with van der Waals surface area (Å²) in [6.07, 6.45) is 1.16. The fourth-order valence-electron chi connectivity index (χ4n) is 0.909. The van der Waals surface area contributed by atoms with Crippen LogP contribution in [0.4, 0.5) is 6.01 Å². The van der Waals surface area contributed by atoms with Crippen molar-refractivity contribution in [2.75, 3.05) is 16.4 Å². The lowest BCUT2D eigenvalue weighted by atomic mass is 10.4. The number of aryl methyl sites for hydroxylation is 1. The van der Waals surface area contributed by atoms with Gasteiger partial charge in [-0.25, -0.2) is 13.1 Å². The molecule has 0 fully saturated rings. The van der Waals surface area contributed by atoms with E-state index < -0.39 is 10.0 Å². The SMILES string of the molecule is Cc1noc(NS(=O)(=O)CCCCCl)n1. The Morgan fingerprint density at radius 2 is 2.20 bits per heavy atom. The molecule has 0 saturated carbocycles. The number of halogens is 1. The molecule has 8 heteroatoms. The van der Waals surface area contributed by atoms with Crippen LogP contribution in [0.15, 0.2) is 4.52 Å². The van der Waals surface area contributed by atoms with Crippen LogP contribution in [0.3, 0.4) is 0 Å². The van der Waals surface area contributed by atoms with Gasteiger partial charge in [-0.1, -0.05) is 5.16 Å². The van der Waals surface area contributed by atoms with Gasteiger partial charge in [0.25, 0.3) is 0 Å². The monoisotopic (exact) mass is 253 g/mol. The average Bonchev–Trinajstić information content (AvgIpc) is 2.50. The molecule has 0 aliphatic rings. The van der Waals surface area contributed by atoms with Crippen LogP contribution in [0.2, 0.25) is 0 Å². The highest BCUT2D eigenvalue weighted by atomic mass is 35.5. The van der Waals surface area contributed by atoms with Gasteiger partial charge in [0.05, 0.1) is 5.75 Å². The predicted molar refractivity (Wildman–Crippen MR) is 56.4 cm³/mol. The molecule has 0 aliphatic heterocycles. The van der Waals surface area contributed by atoms with E-state index in [0.717, 1.165) is 0 Å². The number of sulfonamides is 1.